The van der Waals surface area contributed by atoms with Crippen LogP contribution >= 0.6 is 11.3 Å². The van der Waals surface area contributed by atoms with E-state index in [1.807, 2.05) is 46.1 Å². The largest absolute Gasteiger partial charge is 0.508 e. The number of aromatic hydroxyl groups is 1. The van der Waals surface area contributed by atoms with Gasteiger partial charge in [-0.1, -0.05) is 0 Å². The van der Waals surface area contributed by atoms with Crippen molar-refractivity contribution in [3.05, 3.63) is 34.8 Å². The number of phenolic OH excluding ortho intramolecular Hbond substituents is 1. The lowest BCUT2D eigenvalue weighted by Crippen LogP contribution is -2.41. The Morgan fingerprint density at radius 3 is 2.52 bits per heavy atom. The molecule has 0 spiro atoms. The molecule has 0 radical (unpaired) electrons. The highest BCUT2D eigenvalue weighted by Crippen LogP contribution is 2.37. The molecule has 25 heavy (non-hydrogen) atoms. The van der Waals surface area contributed by atoms with E-state index in [1.54, 1.807) is 18.3 Å². The maximum Gasteiger partial charge on any atom is 0.498 e. The van der Waals surface area contributed by atoms with Gasteiger partial charge in [-0.05, 0) is 58.4 Å². The summed E-state index contributed by atoms with van der Waals surface area (Å²) in [6, 6.07) is 5.22. The SMILES string of the molecule is Cc1csc(NN=Cc2ccc(O)c(B3OC(C)(C)C(C)(C)O3)c2)n1. The summed E-state index contributed by atoms with van der Waals surface area (Å²) < 4.78 is 12.0. The molecule has 8 heteroatoms. The third kappa shape index (κ3) is 3.71. The Morgan fingerprint density at radius 1 is 1.24 bits per heavy atom. The second kappa shape index (κ2) is 6.44. The van der Waals surface area contributed by atoms with E-state index < -0.39 is 18.3 Å². The molecule has 2 N–H and O–H groups in total. The summed E-state index contributed by atoms with van der Waals surface area (Å²) in [7, 11) is -0.618. The topological polar surface area (TPSA) is 76.0 Å². The molecule has 2 aromatic rings. The fourth-order valence-corrected chi connectivity index (χ4v) is 3.02. The highest BCUT2D eigenvalue weighted by molar-refractivity contribution is 7.13. The van der Waals surface area contributed by atoms with Gasteiger partial charge in [-0.2, -0.15) is 5.10 Å². The van der Waals surface area contributed by atoms with Gasteiger partial charge < -0.3 is 14.4 Å². The number of hydrogen-bond donors (Lipinski definition) is 2. The number of benzene rings is 1. The Morgan fingerprint density at radius 2 is 1.92 bits per heavy atom. The number of nitrogens with zero attached hydrogens (tertiary/aromatic N) is 2. The second-order valence-electron chi connectivity index (χ2n) is 7.07. The van der Waals surface area contributed by atoms with Crippen LogP contribution in [-0.4, -0.2) is 34.6 Å². The summed E-state index contributed by atoms with van der Waals surface area (Å²) in [5, 5.41) is 17.1. The number of aryl methyl sites for hydroxylation is 1. The summed E-state index contributed by atoms with van der Waals surface area (Å²) in [5.74, 6) is 0.138. The van der Waals surface area contributed by atoms with Crippen LogP contribution in [0.25, 0.3) is 0 Å². The van der Waals surface area contributed by atoms with E-state index >= 15 is 0 Å². The van der Waals surface area contributed by atoms with Gasteiger partial charge in [0.25, 0.3) is 0 Å². The van der Waals surface area contributed by atoms with Crippen LogP contribution in [0.3, 0.4) is 0 Å². The van der Waals surface area contributed by atoms with Gasteiger partial charge >= 0.3 is 7.12 Å². The van der Waals surface area contributed by atoms with Crippen molar-refractivity contribution in [1.82, 2.24) is 4.98 Å². The van der Waals surface area contributed by atoms with Gasteiger partial charge in [-0.3, -0.25) is 5.43 Å². The van der Waals surface area contributed by atoms with Crippen LogP contribution in [-0.2, 0) is 9.31 Å². The fourth-order valence-electron chi connectivity index (χ4n) is 2.38. The van der Waals surface area contributed by atoms with Gasteiger partial charge in [-0.15, -0.1) is 11.3 Å². The first-order valence-electron chi connectivity index (χ1n) is 8.08. The maximum absolute atomic E-state index is 10.2. The fraction of sp³-hybridized carbons (Fsp3) is 0.412. The van der Waals surface area contributed by atoms with Crippen molar-refractivity contribution in [3.63, 3.8) is 0 Å². The number of hydrogen-bond acceptors (Lipinski definition) is 7. The molecular weight excluding hydrogens is 337 g/mol. The molecule has 3 rings (SSSR count). The van der Waals surface area contributed by atoms with Gasteiger partial charge in [0.2, 0.25) is 5.13 Å². The molecule has 1 fully saturated rings. The maximum atomic E-state index is 10.2. The molecule has 132 valence electrons. The van der Waals surface area contributed by atoms with Gasteiger partial charge in [0.1, 0.15) is 5.75 Å². The summed E-state index contributed by atoms with van der Waals surface area (Å²) in [6.07, 6.45) is 1.67. The first kappa shape index (κ1) is 17.9. The van der Waals surface area contributed by atoms with E-state index in [9.17, 15) is 5.11 Å². The third-order valence-corrected chi connectivity index (χ3v) is 5.42. The molecule has 1 aromatic heterocycles. The van der Waals surface area contributed by atoms with Gasteiger partial charge in [0.05, 0.1) is 23.1 Å². The molecular formula is C17H22BN3O3S. The Kier molecular flexibility index (Phi) is 4.61. The number of nitrogens with one attached hydrogen (secondary N) is 1. The van der Waals surface area contributed by atoms with Crippen LogP contribution in [0, 0.1) is 6.92 Å². The zero-order valence-electron chi connectivity index (χ0n) is 15.0. The van der Waals surface area contributed by atoms with Crippen LogP contribution in [0.4, 0.5) is 5.13 Å². The van der Waals surface area contributed by atoms with Crippen LogP contribution in [0.5, 0.6) is 5.75 Å². The monoisotopic (exact) mass is 359 g/mol. The number of phenols is 1. The van der Waals surface area contributed by atoms with Crippen molar-refractivity contribution >= 4 is 35.3 Å². The predicted molar refractivity (Wildman–Crippen MR) is 102 cm³/mol. The zero-order chi connectivity index (χ0) is 18.2. The van der Waals surface area contributed by atoms with Crippen molar-refractivity contribution in [2.45, 2.75) is 45.8 Å². The Labute approximate surface area is 152 Å². The number of hydrazone groups is 1. The first-order chi connectivity index (χ1) is 11.7. The summed E-state index contributed by atoms with van der Waals surface area (Å²) in [5.41, 5.74) is 4.34. The molecule has 0 saturated carbocycles. The molecule has 1 aliphatic rings. The smallest absolute Gasteiger partial charge is 0.498 e. The highest BCUT2D eigenvalue weighted by Gasteiger charge is 2.52. The second-order valence-corrected chi connectivity index (χ2v) is 7.93. The molecule has 0 unspecified atom stereocenters. The van der Waals surface area contributed by atoms with Crippen LogP contribution < -0.4 is 10.9 Å². The predicted octanol–water partition coefficient (Wildman–Crippen LogP) is 2.90. The Balaban J connectivity index is 1.77. The minimum Gasteiger partial charge on any atom is -0.508 e. The van der Waals surface area contributed by atoms with Gasteiger partial charge in [0.15, 0.2) is 0 Å². The molecule has 1 aromatic carbocycles. The van der Waals surface area contributed by atoms with Gasteiger partial charge in [0, 0.05) is 10.8 Å². The molecule has 0 aliphatic carbocycles. The third-order valence-electron chi connectivity index (χ3n) is 4.55. The van der Waals surface area contributed by atoms with E-state index in [0.717, 1.165) is 16.4 Å². The molecule has 0 amide bonds. The first-order valence-corrected chi connectivity index (χ1v) is 8.96. The van der Waals surface area contributed by atoms with Crippen molar-refractivity contribution < 1.29 is 14.4 Å². The van der Waals surface area contributed by atoms with Crippen molar-refractivity contribution in [2.24, 2.45) is 5.10 Å². The molecule has 0 bridgehead atoms. The Bertz CT molecular complexity index is 788. The number of anilines is 1. The lowest BCUT2D eigenvalue weighted by molar-refractivity contribution is 0.00578. The van der Waals surface area contributed by atoms with Crippen molar-refractivity contribution in [1.29, 1.82) is 0 Å². The summed E-state index contributed by atoms with van der Waals surface area (Å²) >= 11 is 1.49. The average Bonchev–Trinajstić information content (AvgIpc) is 3.01. The zero-order valence-corrected chi connectivity index (χ0v) is 15.8. The van der Waals surface area contributed by atoms with E-state index in [2.05, 4.69) is 15.5 Å². The number of aromatic nitrogens is 1. The molecule has 1 saturated heterocycles. The standard InChI is InChI=1S/C17H22BN3O3S/c1-11-10-25-15(20-11)21-19-9-12-6-7-14(22)13(8-12)18-23-16(2,3)17(4,5)24-18/h6-10,22H,1-5H3,(H,20,21). The van der Waals surface area contributed by atoms with E-state index in [4.69, 9.17) is 9.31 Å². The van der Waals surface area contributed by atoms with Crippen LogP contribution in [0.15, 0.2) is 28.7 Å². The average molecular weight is 359 g/mol. The minimum absolute atomic E-state index is 0.138. The molecule has 2 heterocycles. The quantitative estimate of drug-likeness (QED) is 0.499. The lowest BCUT2D eigenvalue weighted by atomic mass is 9.77. The number of thiazole rings is 1. The van der Waals surface area contributed by atoms with E-state index in [0.29, 0.717) is 5.46 Å². The molecule has 6 nitrogen and oxygen atoms in total. The Hall–Kier alpha value is -1.90. The molecule has 0 atom stereocenters. The van der Waals surface area contributed by atoms with Crippen LogP contribution in [0.2, 0.25) is 0 Å². The number of rotatable bonds is 4. The van der Waals surface area contributed by atoms with Gasteiger partial charge in [-0.25, -0.2) is 4.98 Å². The van der Waals surface area contributed by atoms with Crippen molar-refractivity contribution in [3.8, 4) is 5.75 Å². The summed E-state index contributed by atoms with van der Waals surface area (Å²) in [4.78, 5) is 4.28. The van der Waals surface area contributed by atoms with Crippen LogP contribution in [0.1, 0.15) is 39.0 Å². The normalized spacial score (nSPS) is 18.8. The minimum atomic E-state index is -0.618. The van der Waals surface area contributed by atoms with E-state index in [-0.39, 0.29) is 5.75 Å². The van der Waals surface area contributed by atoms with Crippen molar-refractivity contribution in [2.75, 3.05) is 5.43 Å². The molecule has 1 aliphatic heterocycles. The summed E-state index contributed by atoms with van der Waals surface area (Å²) in [6.45, 7) is 9.86. The van der Waals surface area contributed by atoms with E-state index in [1.165, 1.54) is 11.3 Å². The highest BCUT2D eigenvalue weighted by atomic mass is 32.1. The lowest BCUT2D eigenvalue weighted by Gasteiger charge is -2.32.